The van der Waals surface area contributed by atoms with Crippen LogP contribution in [0.5, 0.6) is 11.5 Å². The number of para-hydroxylation sites is 2. The molecule has 1 saturated carbocycles. The van der Waals surface area contributed by atoms with E-state index in [1.165, 1.54) is 12.8 Å². The van der Waals surface area contributed by atoms with E-state index >= 15 is 0 Å². The molecular formula is C15H19N3O3. The van der Waals surface area contributed by atoms with E-state index in [9.17, 15) is 0 Å². The van der Waals surface area contributed by atoms with Gasteiger partial charge in [-0.15, -0.1) is 10.2 Å². The van der Waals surface area contributed by atoms with Crippen LogP contribution in [0.4, 0.5) is 0 Å². The van der Waals surface area contributed by atoms with Crippen molar-refractivity contribution in [3.63, 3.8) is 0 Å². The Morgan fingerprint density at radius 1 is 1.19 bits per heavy atom. The molecule has 1 fully saturated rings. The minimum Gasteiger partial charge on any atom is -0.487 e. The average molecular weight is 289 g/mol. The first-order valence-corrected chi connectivity index (χ1v) is 7.15. The summed E-state index contributed by atoms with van der Waals surface area (Å²) in [4.78, 5) is 0. The lowest BCUT2D eigenvalue weighted by molar-refractivity contribution is 0.191. The maximum Gasteiger partial charge on any atom is 0.171 e. The Kier molecular flexibility index (Phi) is 4.06. The Labute approximate surface area is 123 Å². The fourth-order valence-electron chi connectivity index (χ4n) is 2.31. The van der Waals surface area contributed by atoms with Crippen molar-refractivity contribution in [3.8, 4) is 11.5 Å². The maximum atomic E-state index is 8.85. The van der Waals surface area contributed by atoms with E-state index in [0.29, 0.717) is 24.1 Å². The zero-order chi connectivity index (χ0) is 14.7. The molecule has 1 heterocycles. The van der Waals surface area contributed by atoms with Gasteiger partial charge < -0.3 is 19.1 Å². The van der Waals surface area contributed by atoms with Crippen molar-refractivity contribution < 1.29 is 14.6 Å². The fourth-order valence-corrected chi connectivity index (χ4v) is 2.31. The molecule has 0 radical (unpaired) electrons. The highest BCUT2D eigenvalue weighted by Crippen LogP contribution is 2.36. The number of rotatable bonds is 7. The Morgan fingerprint density at radius 2 is 1.90 bits per heavy atom. The summed E-state index contributed by atoms with van der Waals surface area (Å²) in [5, 5.41) is 17.2. The van der Waals surface area contributed by atoms with Crippen LogP contribution in [0.2, 0.25) is 0 Å². The third-order valence-electron chi connectivity index (χ3n) is 3.40. The van der Waals surface area contributed by atoms with Gasteiger partial charge in [0.25, 0.3) is 0 Å². The second-order valence-corrected chi connectivity index (χ2v) is 5.07. The minimum atomic E-state index is -0.0243. The zero-order valence-corrected chi connectivity index (χ0v) is 12.0. The second-order valence-electron chi connectivity index (χ2n) is 5.07. The summed E-state index contributed by atoms with van der Waals surface area (Å²) in [5.74, 6) is 3.04. The monoisotopic (exact) mass is 289 g/mol. The molecule has 6 heteroatoms. The van der Waals surface area contributed by atoms with Gasteiger partial charge in [0.2, 0.25) is 0 Å². The first-order chi connectivity index (χ1) is 10.3. The largest absolute Gasteiger partial charge is 0.487 e. The second kappa shape index (κ2) is 6.13. The van der Waals surface area contributed by atoms with Crippen LogP contribution >= 0.6 is 0 Å². The first kappa shape index (κ1) is 13.9. The van der Waals surface area contributed by atoms with Crippen LogP contribution in [0.25, 0.3) is 0 Å². The van der Waals surface area contributed by atoms with E-state index in [1.54, 1.807) is 0 Å². The molecule has 1 aromatic heterocycles. The number of hydrogen-bond donors (Lipinski definition) is 1. The summed E-state index contributed by atoms with van der Waals surface area (Å²) in [7, 11) is 0. The standard InChI is InChI=1S/C15H19N3O3/c1-11-16-17-15(18(11)12-6-7-12)10-21-14-5-3-2-4-13(14)20-9-8-19/h2-5,12,19H,6-10H2,1H3. The molecule has 1 aromatic carbocycles. The van der Waals surface area contributed by atoms with Gasteiger partial charge in [-0.2, -0.15) is 0 Å². The van der Waals surface area contributed by atoms with Crippen molar-refractivity contribution in [1.82, 2.24) is 14.8 Å². The Hall–Kier alpha value is -2.08. The topological polar surface area (TPSA) is 69.4 Å². The quantitative estimate of drug-likeness (QED) is 0.842. The van der Waals surface area contributed by atoms with Gasteiger partial charge in [-0.1, -0.05) is 12.1 Å². The molecule has 21 heavy (non-hydrogen) atoms. The molecule has 1 N–H and O–H groups in total. The number of hydrogen-bond acceptors (Lipinski definition) is 5. The molecule has 1 aliphatic rings. The van der Waals surface area contributed by atoms with E-state index in [0.717, 1.165) is 11.6 Å². The Bertz CT molecular complexity index is 608. The summed E-state index contributed by atoms with van der Waals surface area (Å²) in [6.07, 6.45) is 2.37. The van der Waals surface area contributed by atoms with Crippen molar-refractivity contribution in [2.75, 3.05) is 13.2 Å². The molecule has 6 nitrogen and oxygen atoms in total. The molecule has 0 atom stereocenters. The molecule has 0 aliphatic heterocycles. The van der Waals surface area contributed by atoms with Gasteiger partial charge in [0.05, 0.1) is 6.61 Å². The molecule has 0 amide bonds. The third kappa shape index (κ3) is 3.16. The summed E-state index contributed by atoms with van der Waals surface area (Å²) in [6.45, 7) is 2.55. The number of aliphatic hydroxyl groups excluding tert-OH is 1. The average Bonchev–Trinajstić information content (AvgIpc) is 3.27. The third-order valence-corrected chi connectivity index (χ3v) is 3.40. The van der Waals surface area contributed by atoms with Crippen LogP contribution < -0.4 is 9.47 Å². The van der Waals surface area contributed by atoms with Crippen LogP contribution in [0.15, 0.2) is 24.3 Å². The molecule has 1 aliphatic carbocycles. The highest BCUT2D eigenvalue weighted by atomic mass is 16.5. The van der Waals surface area contributed by atoms with Crippen LogP contribution in [0.1, 0.15) is 30.5 Å². The summed E-state index contributed by atoms with van der Waals surface area (Å²) in [5.41, 5.74) is 0. The zero-order valence-electron chi connectivity index (χ0n) is 12.0. The predicted molar refractivity (Wildman–Crippen MR) is 76.4 cm³/mol. The Balaban J connectivity index is 1.70. The van der Waals surface area contributed by atoms with Gasteiger partial charge in [-0.3, -0.25) is 0 Å². The molecular weight excluding hydrogens is 270 g/mol. The fraction of sp³-hybridized carbons (Fsp3) is 0.467. The van der Waals surface area contributed by atoms with Crippen molar-refractivity contribution in [1.29, 1.82) is 0 Å². The minimum absolute atomic E-state index is 0.0243. The van der Waals surface area contributed by atoms with E-state index in [1.807, 2.05) is 31.2 Å². The molecule has 0 bridgehead atoms. The van der Waals surface area contributed by atoms with E-state index in [-0.39, 0.29) is 13.2 Å². The smallest absolute Gasteiger partial charge is 0.171 e. The molecule has 112 valence electrons. The van der Waals surface area contributed by atoms with Crippen LogP contribution in [0.3, 0.4) is 0 Å². The van der Waals surface area contributed by atoms with E-state index in [2.05, 4.69) is 14.8 Å². The number of nitrogens with zero attached hydrogens (tertiary/aromatic N) is 3. The molecule has 0 spiro atoms. The summed E-state index contributed by atoms with van der Waals surface area (Å²) >= 11 is 0. The predicted octanol–water partition coefficient (Wildman–Crippen LogP) is 1.87. The number of ether oxygens (including phenoxy) is 2. The van der Waals surface area contributed by atoms with Crippen LogP contribution in [-0.4, -0.2) is 33.1 Å². The SMILES string of the molecule is Cc1nnc(COc2ccccc2OCCO)n1C1CC1. The lowest BCUT2D eigenvalue weighted by Gasteiger charge is -2.12. The van der Waals surface area contributed by atoms with Gasteiger partial charge >= 0.3 is 0 Å². The van der Waals surface area contributed by atoms with E-state index in [4.69, 9.17) is 14.6 Å². The summed E-state index contributed by atoms with van der Waals surface area (Å²) in [6, 6.07) is 7.95. The molecule has 0 unspecified atom stereocenters. The highest BCUT2D eigenvalue weighted by Gasteiger charge is 2.28. The molecule has 2 aromatic rings. The van der Waals surface area contributed by atoms with Gasteiger partial charge in [0.1, 0.15) is 19.0 Å². The summed E-state index contributed by atoms with van der Waals surface area (Å²) < 4.78 is 13.4. The van der Waals surface area contributed by atoms with Gasteiger partial charge in [0.15, 0.2) is 17.3 Å². The Morgan fingerprint density at radius 3 is 2.57 bits per heavy atom. The van der Waals surface area contributed by atoms with Crippen molar-refractivity contribution in [2.24, 2.45) is 0 Å². The van der Waals surface area contributed by atoms with E-state index < -0.39 is 0 Å². The molecule has 3 rings (SSSR count). The van der Waals surface area contributed by atoms with Crippen molar-refractivity contribution in [2.45, 2.75) is 32.4 Å². The van der Waals surface area contributed by atoms with Crippen molar-refractivity contribution in [3.05, 3.63) is 35.9 Å². The van der Waals surface area contributed by atoms with Crippen molar-refractivity contribution >= 4 is 0 Å². The van der Waals surface area contributed by atoms with Gasteiger partial charge in [0, 0.05) is 6.04 Å². The normalized spacial score (nSPS) is 14.2. The van der Waals surface area contributed by atoms with Gasteiger partial charge in [-0.05, 0) is 31.9 Å². The van der Waals surface area contributed by atoms with Gasteiger partial charge in [-0.25, -0.2) is 0 Å². The molecule has 0 saturated heterocycles. The van der Waals surface area contributed by atoms with Crippen LogP contribution in [-0.2, 0) is 6.61 Å². The lowest BCUT2D eigenvalue weighted by atomic mass is 10.3. The number of aliphatic hydroxyl groups is 1. The number of benzene rings is 1. The number of aryl methyl sites for hydroxylation is 1. The first-order valence-electron chi connectivity index (χ1n) is 7.15. The van der Waals surface area contributed by atoms with Crippen LogP contribution in [0, 0.1) is 6.92 Å². The lowest BCUT2D eigenvalue weighted by Crippen LogP contribution is -2.08. The highest BCUT2D eigenvalue weighted by molar-refractivity contribution is 5.39. The maximum absolute atomic E-state index is 8.85. The number of aromatic nitrogens is 3.